The average Bonchev–Trinajstić information content (AvgIpc) is 2.30. The first-order valence-corrected chi connectivity index (χ1v) is 6.49. The van der Waals surface area contributed by atoms with Crippen molar-refractivity contribution >= 4 is 11.9 Å². The van der Waals surface area contributed by atoms with Gasteiger partial charge in [0.1, 0.15) is 6.42 Å². The van der Waals surface area contributed by atoms with Gasteiger partial charge in [0, 0.05) is 0 Å². The Bertz CT molecular complexity index is 311. The molecular weight excluding hydrogens is 244 g/mol. The summed E-state index contributed by atoms with van der Waals surface area (Å²) in [6.07, 6.45) is 4.98. The van der Waals surface area contributed by atoms with Crippen LogP contribution in [0.2, 0.25) is 0 Å². The smallest absolute Gasteiger partial charge is 0.317 e. The van der Waals surface area contributed by atoms with Crippen molar-refractivity contribution in [1.82, 2.24) is 0 Å². The molecule has 0 N–H and O–H groups in total. The lowest BCUT2D eigenvalue weighted by Gasteiger charge is -2.04. The van der Waals surface area contributed by atoms with Crippen LogP contribution >= 0.6 is 0 Å². The molecule has 0 saturated carbocycles. The summed E-state index contributed by atoms with van der Waals surface area (Å²) in [5.74, 6) is -1.07. The molecule has 0 fully saturated rings. The van der Waals surface area contributed by atoms with Crippen LogP contribution < -0.4 is 0 Å². The predicted octanol–water partition coefficient (Wildman–Crippen LogP) is 3.18. The minimum absolute atomic E-state index is 0.301. The normalized spacial score (nSPS) is 9.47. The van der Waals surface area contributed by atoms with Gasteiger partial charge < -0.3 is 9.47 Å². The van der Waals surface area contributed by atoms with E-state index in [4.69, 9.17) is 9.47 Å². The predicted molar refractivity (Wildman–Crippen MR) is 74.6 cm³/mol. The second-order valence-corrected chi connectivity index (χ2v) is 4.76. The van der Waals surface area contributed by atoms with Crippen molar-refractivity contribution in [1.29, 1.82) is 0 Å². The van der Waals surface area contributed by atoms with Gasteiger partial charge in [0.25, 0.3) is 0 Å². The maximum atomic E-state index is 11.3. The van der Waals surface area contributed by atoms with Gasteiger partial charge >= 0.3 is 11.9 Å². The monoisotopic (exact) mass is 268 g/mol. The van der Waals surface area contributed by atoms with Crippen LogP contribution in [-0.4, -0.2) is 25.2 Å². The molecule has 0 atom stereocenters. The van der Waals surface area contributed by atoms with Gasteiger partial charge in [0.05, 0.1) is 13.2 Å². The molecule has 4 nitrogen and oxygen atoms in total. The summed E-state index contributed by atoms with van der Waals surface area (Å²) in [7, 11) is 0. The van der Waals surface area contributed by atoms with Crippen LogP contribution in [0.25, 0.3) is 0 Å². The highest BCUT2D eigenvalue weighted by atomic mass is 16.6. The van der Waals surface area contributed by atoms with E-state index in [9.17, 15) is 9.59 Å². The first-order valence-electron chi connectivity index (χ1n) is 6.49. The Hall–Kier alpha value is -1.58. The Balaban J connectivity index is 3.67. The van der Waals surface area contributed by atoms with E-state index in [0.29, 0.717) is 26.1 Å². The number of carbonyl (C=O) groups is 2. The zero-order valence-corrected chi connectivity index (χ0v) is 12.3. The molecule has 0 aromatic carbocycles. The second-order valence-electron chi connectivity index (χ2n) is 4.76. The van der Waals surface area contributed by atoms with Crippen LogP contribution in [0.4, 0.5) is 0 Å². The Morgan fingerprint density at radius 3 is 1.47 bits per heavy atom. The summed E-state index contributed by atoms with van der Waals surface area (Å²) in [6, 6.07) is 0. The van der Waals surface area contributed by atoms with E-state index in [1.165, 1.54) is 11.1 Å². The topological polar surface area (TPSA) is 52.6 Å². The molecule has 108 valence electrons. The third kappa shape index (κ3) is 12.7. The molecule has 0 unspecified atom stereocenters. The molecule has 4 heteroatoms. The summed E-state index contributed by atoms with van der Waals surface area (Å²) in [4.78, 5) is 22.6. The van der Waals surface area contributed by atoms with Crippen LogP contribution in [0.1, 0.15) is 47.0 Å². The van der Waals surface area contributed by atoms with Crippen molar-refractivity contribution in [3.8, 4) is 0 Å². The minimum atomic E-state index is -0.533. The van der Waals surface area contributed by atoms with Crippen molar-refractivity contribution in [2.24, 2.45) is 0 Å². The fraction of sp³-hybridized carbons (Fsp3) is 0.600. The van der Waals surface area contributed by atoms with E-state index >= 15 is 0 Å². The summed E-state index contributed by atoms with van der Waals surface area (Å²) in [5.41, 5.74) is 2.35. The fourth-order valence-electron chi connectivity index (χ4n) is 1.26. The Morgan fingerprint density at radius 1 is 0.789 bits per heavy atom. The molecule has 0 radical (unpaired) electrons. The first-order chi connectivity index (χ1) is 8.91. The van der Waals surface area contributed by atoms with E-state index in [1.54, 1.807) is 0 Å². The van der Waals surface area contributed by atoms with Crippen LogP contribution in [-0.2, 0) is 19.1 Å². The number of allylic oxidation sites excluding steroid dienone is 2. The Kier molecular flexibility index (Phi) is 9.49. The number of esters is 2. The number of carbonyl (C=O) groups excluding carboxylic acids is 2. The zero-order chi connectivity index (χ0) is 14.7. The van der Waals surface area contributed by atoms with Gasteiger partial charge in [-0.2, -0.15) is 0 Å². The summed E-state index contributed by atoms with van der Waals surface area (Å²) in [5, 5.41) is 0. The molecule has 0 amide bonds. The molecule has 0 rings (SSSR count). The SMILES string of the molecule is CC(C)=CCCOC(=O)CC(=O)OCCC=C(C)C. The minimum Gasteiger partial charge on any atom is -0.465 e. The van der Waals surface area contributed by atoms with Gasteiger partial charge in [0.15, 0.2) is 0 Å². The van der Waals surface area contributed by atoms with Gasteiger partial charge in [-0.05, 0) is 40.5 Å². The summed E-state index contributed by atoms with van der Waals surface area (Å²) in [6.45, 7) is 8.51. The van der Waals surface area contributed by atoms with Crippen LogP contribution in [0, 0.1) is 0 Å². The lowest BCUT2D eigenvalue weighted by Crippen LogP contribution is -2.14. The number of ether oxygens (including phenoxy) is 2. The molecule has 0 bridgehead atoms. The number of hydrogen-bond acceptors (Lipinski definition) is 4. The van der Waals surface area contributed by atoms with Gasteiger partial charge in [-0.3, -0.25) is 9.59 Å². The maximum Gasteiger partial charge on any atom is 0.317 e. The molecule has 0 saturated heterocycles. The molecule has 0 heterocycles. The number of hydrogen-bond donors (Lipinski definition) is 0. The van der Waals surface area contributed by atoms with E-state index < -0.39 is 11.9 Å². The van der Waals surface area contributed by atoms with E-state index in [-0.39, 0.29) is 6.42 Å². The van der Waals surface area contributed by atoms with Crippen LogP contribution in [0.15, 0.2) is 23.3 Å². The van der Waals surface area contributed by atoms with Crippen LogP contribution in [0.3, 0.4) is 0 Å². The Morgan fingerprint density at radius 2 is 1.16 bits per heavy atom. The standard InChI is InChI=1S/C15H24O4/c1-12(2)7-5-9-18-14(16)11-15(17)19-10-6-8-13(3)4/h7-8H,5-6,9-11H2,1-4H3. The second kappa shape index (κ2) is 10.4. The van der Waals surface area contributed by atoms with Crippen molar-refractivity contribution in [3.63, 3.8) is 0 Å². The highest BCUT2D eigenvalue weighted by molar-refractivity contribution is 5.91. The largest absolute Gasteiger partial charge is 0.465 e. The molecule has 0 aromatic heterocycles. The highest BCUT2D eigenvalue weighted by Gasteiger charge is 2.11. The lowest BCUT2D eigenvalue weighted by atomic mass is 10.3. The maximum absolute atomic E-state index is 11.3. The van der Waals surface area contributed by atoms with Crippen molar-refractivity contribution in [2.75, 3.05) is 13.2 Å². The van der Waals surface area contributed by atoms with Crippen molar-refractivity contribution in [3.05, 3.63) is 23.3 Å². The average molecular weight is 268 g/mol. The third-order valence-electron chi connectivity index (χ3n) is 2.16. The van der Waals surface area contributed by atoms with Crippen LogP contribution in [0.5, 0.6) is 0 Å². The summed E-state index contributed by atoms with van der Waals surface area (Å²) < 4.78 is 9.82. The molecule has 0 aromatic rings. The summed E-state index contributed by atoms with van der Waals surface area (Å²) >= 11 is 0. The molecular formula is C15H24O4. The van der Waals surface area contributed by atoms with Gasteiger partial charge in [0.2, 0.25) is 0 Å². The van der Waals surface area contributed by atoms with E-state index in [0.717, 1.165) is 0 Å². The lowest BCUT2D eigenvalue weighted by molar-refractivity contribution is -0.154. The van der Waals surface area contributed by atoms with E-state index in [1.807, 2.05) is 39.8 Å². The van der Waals surface area contributed by atoms with Gasteiger partial charge in [-0.15, -0.1) is 0 Å². The third-order valence-corrected chi connectivity index (χ3v) is 2.16. The molecule has 19 heavy (non-hydrogen) atoms. The quantitative estimate of drug-likeness (QED) is 0.294. The van der Waals surface area contributed by atoms with Crippen molar-refractivity contribution in [2.45, 2.75) is 47.0 Å². The fourth-order valence-corrected chi connectivity index (χ4v) is 1.26. The van der Waals surface area contributed by atoms with E-state index in [2.05, 4.69) is 0 Å². The molecule has 0 spiro atoms. The highest BCUT2D eigenvalue weighted by Crippen LogP contribution is 1.98. The van der Waals surface area contributed by atoms with Gasteiger partial charge in [-0.1, -0.05) is 23.3 Å². The van der Waals surface area contributed by atoms with Gasteiger partial charge in [-0.25, -0.2) is 0 Å². The Labute approximate surface area is 115 Å². The van der Waals surface area contributed by atoms with Crippen molar-refractivity contribution < 1.29 is 19.1 Å². The first kappa shape index (κ1) is 17.4. The molecule has 0 aliphatic carbocycles. The zero-order valence-electron chi connectivity index (χ0n) is 12.3. The molecule has 0 aliphatic rings. The number of rotatable bonds is 8. The molecule has 0 aliphatic heterocycles.